The lowest BCUT2D eigenvalue weighted by Crippen LogP contribution is -3.14. The number of hydrogen-bond acceptors (Lipinski definition) is 2. The maximum Gasteiger partial charge on any atom is 0.140 e. The fourth-order valence-electron chi connectivity index (χ4n) is 4.73. The van der Waals surface area contributed by atoms with Crippen molar-refractivity contribution in [1.29, 1.82) is 0 Å². The van der Waals surface area contributed by atoms with Crippen molar-refractivity contribution in [3.05, 3.63) is 94.5 Å². The summed E-state index contributed by atoms with van der Waals surface area (Å²) in [4.78, 5) is 1.64. The largest absolute Gasteiger partial charge is 0.322 e. The van der Waals surface area contributed by atoms with Crippen molar-refractivity contribution >= 4 is 17.3 Å². The maximum atomic E-state index is 6.01. The average molecular weight is 403 g/mol. The fraction of sp³-hybridized carbons (Fsp3) is 0.240. The standard InChI is InChI=1S/C25H24ClN3/c1-18(19-10-12-20(26)13-11-19)27-29-16-14-28(15-17-29)25-23-8-4-2-6-21(23)22-7-3-5-9-24(22)25/h2-13,25H,14-17H2,1H3/p+1/b27-18+. The molecule has 1 saturated heterocycles. The number of rotatable bonds is 3. The molecule has 0 amide bonds. The van der Waals surface area contributed by atoms with E-state index < -0.39 is 0 Å². The van der Waals surface area contributed by atoms with Crippen LogP contribution in [0.1, 0.15) is 29.7 Å². The van der Waals surface area contributed by atoms with Crippen LogP contribution in [-0.4, -0.2) is 36.9 Å². The van der Waals surface area contributed by atoms with Gasteiger partial charge in [0.05, 0.1) is 31.9 Å². The second-order valence-corrected chi connectivity index (χ2v) is 8.35. The molecule has 1 fully saturated rings. The molecule has 1 aliphatic carbocycles. The zero-order chi connectivity index (χ0) is 19.8. The molecule has 0 unspecified atom stereocenters. The Morgan fingerprint density at radius 1 is 0.862 bits per heavy atom. The third-order valence-electron chi connectivity index (χ3n) is 6.18. The van der Waals surface area contributed by atoms with Gasteiger partial charge in [-0.05, 0) is 35.7 Å². The number of piperazine rings is 1. The Labute approximate surface area is 177 Å². The lowest BCUT2D eigenvalue weighted by molar-refractivity contribution is -0.929. The molecule has 1 heterocycles. The maximum absolute atomic E-state index is 6.01. The molecule has 3 nitrogen and oxygen atoms in total. The van der Waals surface area contributed by atoms with E-state index in [1.54, 1.807) is 4.90 Å². The van der Waals surface area contributed by atoms with Crippen LogP contribution in [0.4, 0.5) is 0 Å². The highest BCUT2D eigenvalue weighted by atomic mass is 35.5. The topological polar surface area (TPSA) is 20.0 Å². The molecule has 146 valence electrons. The van der Waals surface area contributed by atoms with Crippen LogP contribution in [0.15, 0.2) is 77.9 Å². The van der Waals surface area contributed by atoms with Crippen molar-refractivity contribution in [3.8, 4) is 11.1 Å². The van der Waals surface area contributed by atoms with Crippen molar-refractivity contribution in [2.24, 2.45) is 5.10 Å². The molecule has 2 aliphatic rings. The normalized spacial score (nSPS) is 17.3. The molecule has 3 aromatic carbocycles. The van der Waals surface area contributed by atoms with E-state index in [-0.39, 0.29) is 0 Å². The van der Waals surface area contributed by atoms with Crippen LogP contribution in [-0.2, 0) is 0 Å². The lowest BCUT2D eigenvalue weighted by Gasteiger charge is -2.35. The summed E-state index contributed by atoms with van der Waals surface area (Å²) in [6.45, 7) is 6.20. The van der Waals surface area contributed by atoms with E-state index in [1.807, 2.05) is 24.3 Å². The number of hydrazone groups is 1. The van der Waals surface area contributed by atoms with E-state index in [4.69, 9.17) is 16.7 Å². The Balaban J connectivity index is 1.33. The molecular formula is C25H25ClN3+. The summed E-state index contributed by atoms with van der Waals surface area (Å²) in [5.74, 6) is 0. The first-order valence-corrected chi connectivity index (χ1v) is 10.7. The zero-order valence-electron chi connectivity index (χ0n) is 16.6. The minimum atomic E-state index is 0.436. The summed E-state index contributed by atoms with van der Waals surface area (Å²) in [5, 5.41) is 7.86. The highest BCUT2D eigenvalue weighted by Gasteiger charge is 2.37. The molecule has 5 rings (SSSR count). The van der Waals surface area contributed by atoms with Gasteiger partial charge >= 0.3 is 0 Å². The van der Waals surface area contributed by atoms with Crippen LogP contribution in [0.2, 0.25) is 5.02 Å². The van der Waals surface area contributed by atoms with E-state index in [9.17, 15) is 0 Å². The highest BCUT2D eigenvalue weighted by Crippen LogP contribution is 2.41. The molecule has 0 saturated carbocycles. The van der Waals surface area contributed by atoms with Crippen LogP contribution < -0.4 is 4.90 Å². The van der Waals surface area contributed by atoms with Crippen LogP contribution in [0.25, 0.3) is 11.1 Å². The number of nitrogens with zero attached hydrogens (tertiary/aromatic N) is 2. The Kier molecular flexibility index (Phi) is 4.86. The van der Waals surface area contributed by atoms with Gasteiger partial charge in [-0.15, -0.1) is 0 Å². The quantitative estimate of drug-likeness (QED) is 0.655. The van der Waals surface area contributed by atoms with Crippen LogP contribution in [0.3, 0.4) is 0 Å². The van der Waals surface area contributed by atoms with Gasteiger partial charge in [0.1, 0.15) is 6.04 Å². The minimum Gasteiger partial charge on any atom is -0.322 e. The first kappa shape index (κ1) is 18.4. The Hall–Kier alpha value is -2.62. The molecule has 29 heavy (non-hydrogen) atoms. The Bertz CT molecular complexity index is 1000. The number of fused-ring (bicyclic) bond motifs is 3. The summed E-state index contributed by atoms with van der Waals surface area (Å²) in [6, 6.07) is 26.2. The number of hydrogen-bond donors (Lipinski definition) is 1. The Morgan fingerprint density at radius 3 is 2.00 bits per heavy atom. The monoisotopic (exact) mass is 402 g/mol. The zero-order valence-corrected chi connectivity index (χ0v) is 17.4. The number of quaternary nitrogens is 1. The number of benzene rings is 3. The van der Waals surface area contributed by atoms with Gasteiger partial charge in [0, 0.05) is 16.1 Å². The summed E-state index contributed by atoms with van der Waals surface area (Å²) < 4.78 is 0. The summed E-state index contributed by atoms with van der Waals surface area (Å²) in [7, 11) is 0. The fourth-order valence-corrected chi connectivity index (χ4v) is 4.85. The van der Waals surface area contributed by atoms with E-state index >= 15 is 0 Å². The van der Waals surface area contributed by atoms with E-state index in [2.05, 4.69) is 60.5 Å². The second kappa shape index (κ2) is 7.66. The van der Waals surface area contributed by atoms with E-state index in [0.717, 1.165) is 42.5 Å². The third kappa shape index (κ3) is 3.45. The first-order valence-electron chi connectivity index (χ1n) is 10.3. The third-order valence-corrected chi connectivity index (χ3v) is 6.43. The predicted molar refractivity (Wildman–Crippen MR) is 120 cm³/mol. The molecule has 4 heteroatoms. The van der Waals surface area contributed by atoms with Gasteiger partial charge in [0.2, 0.25) is 0 Å². The van der Waals surface area contributed by atoms with Gasteiger partial charge in [-0.1, -0.05) is 72.3 Å². The van der Waals surface area contributed by atoms with Crippen molar-refractivity contribution < 1.29 is 4.90 Å². The van der Waals surface area contributed by atoms with Crippen LogP contribution >= 0.6 is 11.6 Å². The molecule has 0 bridgehead atoms. The summed E-state index contributed by atoms with van der Waals surface area (Å²) >= 11 is 6.01. The molecular weight excluding hydrogens is 378 g/mol. The van der Waals surface area contributed by atoms with Gasteiger partial charge in [-0.3, -0.25) is 5.01 Å². The molecule has 1 N–H and O–H groups in total. The van der Waals surface area contributed by atoms with Crippen molar-refractivity contribution in [1.82, 2.24) is 5.01 Å². The van der Waals surface area contributed by atoms with Gasteiger partial charge < -0.3 is 4.90 Å². The number of halogens is 1. The second-order valence-electron chi connectivity index (χ2n) is 7.91. The van der Waals surface area contributed by atoms with Crippen molar-refractivity contribution in [3.63, 3.8) is 0 Å². The summed E-state index contributed by atoms with van der Waals surface area (Å²) in [5.41, 5.74) is 7.92. The van der Waals surface area contributed by atoms with Gasteiger partial charge in [0.15, 0.2) is 0 Å². The SMILES string of the molecule is C/C(=N\N1CC[NH+](C2c3ccccc3-c3ccccc32)CC1)c1ccc(Cl)cc1. The van der Waals surface area contributed by atoms with Crippen molar-refractivity contribution in [2.45, 2.75) is 13.0 Å². The molecule has 0 spiro atoms. The van der Waals surface area contributed by atoms with Crippen molar-refractivity contribution in [2.75, 3.05) is 26.2 Å². The van der Waals surface area contributed by atoms with E-state index in [0.29, 0.717) is 6.04 Å². The first-order chi connectivity index (χ1) is 14.2. The minimum absolute atomic E-state index is 0.436. The van der Waals surface area contributed by atoms with Gasteiger partial charge in [-0.25, -0.2) is 0 Å². The molecule has 0 atom stereocenters. The number of nitrogens with one attached hydrogen (secondary N) is 1. The van der Waals surface area contributed by atoms with E-state index in [1.165, 1.54) is 22.3 Å². The lowest BCUT2D eigenvalue weighted by atomic mass is 10.0. The molecule has 0 radical (unpaired) electrons. The summed E-state index contributed by atoms with van der Waals surface area (Å²) in [6.07, 6.45) is 0. The highest BCUT2D eigenvalue weighted by molar-refractivity contribution is 6.30. The molecule has 0 aromatic heterocycles. The van der Waals surface area contributed by atoms with Crippen LogP contribution in [0.5, 0.6) is 0 Å². The predicted octanol–water partition coefficient (Wildman–Crippen LogP) is 4.03. The Morgan fingerprint density at radius 2 is 1.41 bits per heavy atom. The molecule has 3 aromatic rings. The smallest absolute Gasteiger partial charge is 0.140 e. The van der Waals surface area contributed by atoms with Crippen LogP contribution in [0, 0.1) is 0 Å². The average Bonchev–Trinajstić information content (AvgIpc) is 3.09. The van der Waals surface area contributed by atoms with Gasteiger partial charge in [-0.2, -0.15) is 5.10 Å². The molecule has 1 aliphatic heterocycles. The van der Waals surface area contributed by atoms with Gasteiger partial charge in [0.25, 0.3) is 0 Å².